The Morgan fingerprint density at radius 3 is 2.59 bits per heavy atom. The molecule has 7 unspecified atom stereocenters. The molecule has 0 aromatic rings. The van der Waals surface area contributed by atoms with E-state index in [1.807, 2.05) is 6.08 Å². The second kappa shape index (κ2) is 8.13. The van der Waals surface area contributed by atoms with Crippen LogP contribution < -0.4 is 0 Å². The van der Waals surface area contributed by atoms with Crippen molar-refractivity contribution in [3.05, 3.63) is 11.6 Å². The van der Waals surface area contributed by atoms with E-state index in [1.165, 1.54) is 63.4 Å². The van der Waals surface area contributed by atoms with Gasteiger partial charge >= 0.3 is 0 Å². The third kappa shape index (κ3) is 3.66. The number of carbonyl (C=O) groups is 1. The van der Waals surface area contributed by atoms with Crippen LogP contribution in [0, 0.1) is 46.3 Å². The summed E-state index contributed by atoms with van der Waals surface area (Å²) in [6.07, 6.45) is 15.8. The zero-order valence-electron chi connectivity index (χ0n) is 19.4. The molecule has 1 N–H and O–H groups in total. The summed E-state index contributed by atoms with van der Waals surface area (Å²) in [6.45, 7) is 10.2. The van der Waals surface area contributed by atoms with Crippen molar-refractivity contribution in [2.45, 2.75) is 98.3 Å². The molecule has 0 spiro atoms. The maximum absolute atomic E-state index is 12.0. The van der Waals surface area contributed by atoms with Crippen molar-refractivity contribution in [3.8, 4) is 0 Å². The third-order valence-corrected chi connectivity index (χ3v) is 10.4. The van der Waals surface area contributed by atoms with Gasteiger partial charge in [-0.15, -0.1) is 0 Å². The summed E-state index contributed by atoms with van der Waals surface area (Å²) < 4.78 is 0. The van der Waals surface area contributed by atoms with Crippen LogP contribution in [0.3, 0.4) is 0 Å². The van der Waals surface area contributed by atoms with Crippen LogP contribution in [0.2, 0.25) is 0 Å². The van der Waals surface area contributed by atoms with Crippen molar-refractivity contribution in [1.29, 1.82) is 0 Å². The summed E-state index contributed by atoms with van der Waals surface area (Å²) in [5.74, 6) is 5.13. The second-order valence-corrected chi connectivity index (χ2v) is 11.9. The Morgan fingerprint density at radius 1 is 1.03 bits per heavy atom. The SMILES string of the molecule is CC(CCC[C@H](C)CO)C1CCC2C3CCC4=CC(=O)CCC4(C)C3CCC12C. The molecule has 0 heterocycles. The molecule has 0 aromatic carbocycles. The number of rotatable bonds is 6. The van der Waals surface area contributed by atoms with Gasteiger partial charge in [0.25, 0.3) is 0 Å². The van der Waals surface area contributed by atoms with E-state index in [0.29, 0.717) is 29.1 Å². The van der Waals surface area contributed by atoms with Crippen molar-refractivity contribution in [3.63, 3.8) is 0 Å². The first-order valence-corrected chi connectivity index (χ1v) is 12.6. The van der Waals surface area contributed by atoms with Crippen LogP contribution >= 0.6 is 0 Å². The Labute approximate surface area is 178 Å². The van der Waals surface area contributed by atoms with Crippen molar-refractivity contribution >= 4 is 5.78 Å². The predicted molar refractivity (Wildman–Crippen MR) is 119 cm³/mol. The molecule has 4 rings (SSSR count). The smallest absolute Gasteiger partial charge is 0.155 e. The zero-order valence-corrected chi connectivity index (χ0v) is 19.4. The van der Waals surface area contributed by atoms with Crippen molar-refractivity contribution in [2.24, 2.45) is 46.3 Å². The summed E-state index contributed by atoms with van der Waals surface area (Å²) in [6, 6.07) is 0. The Balaban J connectivity index is 1.46. The first kappa shape index (κ1) is 21.6. The van der Waals surface area contributed by atoms with E-state index >= 15 is 0 Å². The molecule has 0 bridgehead atoms. The van der Waals surface area contributed by atoms with Gasteiger partial charge in [-0.2, -0.15) is 0 Å². The van der Waals surface area contributed by atoms with Gasteiger partial charge in [0, 0.05) is 13.0 Å². The van der Waals surface area contributed by atoms with E-state index < -0.39 is 0 Å². The Hall–Kier alpha value is -0.630. The highest BCUT2D eigenvalue weighted by Gasteiger charge is 2.59. The summed E-state index contributed by atoms with van der Waals surface area (Å²) in [7, 11) is 0. The van der Waals surface area contributed by atoms with Gasteiger partial charge in [-0.25, -0.2) is 0 Å². The first-order chi connectivity index (χ1) is 13.8. The van der Waals surface area contributed by atoms with E-state index in [0.717, 1.165) is 42.4 Å². The van der Waals surface area contributed by atoms with Gasteiger partial charge in [-0.05, 0) is 104 Å². The standard InChI is InChI=1S/C27H44O2/c1-18(17-28)6-5-7-19(2)23-10-11-24-22-9-8-20-16-21(29)12-14-26(20,3)25(22)13-15-27(23,24)4/h16,18-19,22-25,28H,5-15,17H2,1-4H3/t18-,19?,22?,23?,24?,25?,26?,27?/m0/s1. The maximum Gasteiger partial charge on any atom is 0.155 e. The molecular formula is C27H44O2. The highest BCUT2D eigenvalue weighted by molar-refractivity contribution is 5.91. The van der Waals surface area contributed by atoms with Gasteiger partial charge in [0.2, 0.25) is 0 Å². The lowest BCUT2D eigenvalue weighted by atomic mass is 9.46. The van der Waals surface area contributed by atoms with E-state index in [9.17, 15) is 9.90 Å². The molecule has 3 fully saturated rings. The molecule has 4 aliphatic rings. The average Bonchev–Trinajstić information content (AvgIpc) is 3.05. The largest absolute Gasteiger partial charge is 0.396 e. The number of fused-ring (bicyclic) bond motifs is 5. The molecule has 0 radical (unpaired) electrons. The van der Waals surface area contributed by atoms with Crippen LogP contribution in [0.4, 0.5) is 0 Å². The van der Waals surface area contributed by atoms with E-state index in [-0.39, 0.29) is 0 Å². The maximum atomic E-state index is 12.0. The normalized spacial score (nSPS) is 43.8. The van der Waals surface area contributed by atoms with Crippen LogP contribution in [0.15, 0.2) is 11.6 Å². The molecule has 8 atom stereocenters. The van der Waals surface area contributed by atoms with Crippen molar-refractivity contribution in [1.82, 2.24) is 0 Å². The average molecular weight is 401 g/mol. The Bertz CT molecular complexity index is 651. The lowest BCUT2D eigenvalue weighted by Gasteiger charge is -2.58. The zero-order chi connectivity index (χ0) is 20.8. The molecule has 0 saturated heterocycles. The monoisotopic (exact) mass is 400 g/mol. The Kier molecular flexibility index (Phi) is 6.06. The summed E-state index contributed by atoms with van der Waals surface area (Å²) in [5, 5.41) is 9.31. The molecule has 0 aromatic heterocycles. The molecule has 2 heteroatoms. The summed E-state index contributed by atoms with van der Waals surface area (Å²) in [5.41, 5.74) is 2.34. The van der Waals surface area contributed by atoms with Crippen LogP contribution in [-0.2, 0) is 4.79 Å². The minimum atomic E-state index is 0.308. The van der Waals surface area contributed by atoms with Gasteiger partial charge in [-0.1, -0.05) is 46.1 Å². The summed E-state index contributed by atoms with van der Waals surface area (Å²) in [4.78, 5) is 12.0. The molecule has 164 valence electrons. The number of aliphatic hydroxyl groups is 1. The fraction of sp³-hybridized carbons (Fsp3) is 0.889. The van der Waals surface area contributed by atoms with Crippen LogP contribution in [0.5, 0.6) is 0 Å². The number of hydrogen-bond donors (Lipinski definition) is 1. The van der Waals surface area contributed by atoms with E-state index in [2.05, 4.69) is 27.7 Å². The van der Waals surface area contributed by atoms with Gasteiger partial charge < -0.3 is 5.11 Å². The van der Waals surface area contributed by atoms with Crippen LogP contribution in [0.25, 0.3) is 0 Å². The predicted octanol–water partition coefficient (Wildman–Crippen LogP) is 6.57. The minimum Gasteiger partial charge on any atom is -0.396 e. The van der Waals surface area contributed by atoms with Crippen molar-refractivity contribution in [2.75, 3.05) is 6.61 Å². The fourth-order valence-electron chi connectivity index (χ4n) is 8.62. The lowest BCUT2D eigenvalue weighted by molar-refractivity contribution is -0.117. The second-order valence-electron chi connectivity index (χ2n) is 11.9. The van der Waals surface area contributed by atoms with Gasteiger partial charge in [0.05, 0.1) is 0 Å². The highest BCUT2D eigenvalue weighted by Crippen LogP contribution is 2.67. The van der Waals surface area contributed by atoms with Gasteiger partial charge in [0.15, 0.2) is 5.78 Å². The molecular weight excluding hydrogens is 356 g/mol. The number of ketones is 1. The third-order valence-electron chi connectivity index (χ3n) is 10.4. The van der Waals surface area contributed by atoms with Crippen LogP contribution in [-0.4, -0.2) is 17.5 Å². The highest BCUT2D eigenvalue weighted by atomic mass is 16.3. The van der Waals surface area contributed by atoms with Gasteiger partial charge in [-0.3, -0.25) is 4.79 Å². The number of carbonyl (C=O) groups excluding carboxylic acids is 1. The number of hydrogen-bond acceptors (Lipinski definition) is 2. The molecule has 0 amide bonds. The summed E-state index contributed by atoms with van der Waals surface area (Å²) >= 11 is 0. The molecule has 29 heavy (non-hydrogen) atoms. The number of allylic oxidation sites excluding steroid dienone is 1. The van der Waals surface area contributed by atoms with E-state index in [4.69, 9.17) is 0 Å². The molecule has 3 saturated carbocycles. The van der Waals surface area contributed by atoms with Crippen molar-refractivity contribution < 1.29 is 9.90 Å². The molecule has 0 aliphatic heterocycles. The molecule has 2 nitrogen and oxygen atoms in total. The molecule has 4 aliphatic carbocycles. The Morgan fingerprint density at radius 2 is 1.83 bits per heavy atom. The van der Waals surface area contributed by atoms with Crippen LogP contribution in [0.1, 0.15) is 98.3 Å². The lowest BCUT2D eigenvalue weighted by Crippen LogP contribution is -2.50. The first-order valence-electron chi connectivity index (χ1n) is 12.6. The topological polar surface area (TPSA) is 37.3 Å². The minimum absolute atomic E-state index is 0.308. The fourth-order valence-corrected chi connectivity index (χ4v) is 8.62. The number of aliphatic hydroxyl groups excluding tert-OH is 1. The quantitative estimate of drug-likeness (QED) is 0.547. The van der Waals surface area contributed by atoms with Gasteiger partial charge in [0.1, 0.15) is 0 Å². The van der Waals surface area contributed by atoms with E-state index in [1.54, 1.807) is 0 Å².